The van der Waals surface area contributed by atoms with E-state index in [-0.39, 0.29) is 17.4 Å². The number of aromatic nitrogens is 2. The molecular formula is C19H23N5O3S. The molecule has 0 radical (unpaired) electrons. The first-order valence-electron chi connectivity index (χ1n) is 9.16. The van der Waals surface area contributed by atoms with Crippen LogP contribution in [0.3, 0.4) is 0 Å². The smallest absolute Gasteiger partial charge is 0.277 e. The zero-order valence-corrected chi connectivity index (χ0v) is 16.5. The van der Waals surface area contributed by atoms with Crippen LogP contribution in [0.5, 0.6) is 0 Å². The molecule has 0 unspecified atom stereocenters. The Hall–Kier alpha value is -2.65. The maximum Gasteiger partial charge on any atom is 0.277 e. The van der Waals surface area contributed by atoms with Gasteiger partial charge in [0.05, 0.1) is 0 Å². The van der Waals surface area contributed by atoms with Crippen LogP contribution in [-0.4, -0.2) is 52.1 Å². The number of thioether (sulfide) groups is 1. The molecule has 1 aromatic carbocycles. The Morgan fingerprint density at radius 2 is 1.89 bits per heavy atom. The maximum absolute atomic E-state index is 12.5. The third kappa shape index (κ3) is 5.43. The van der Waals surface area contributed by atoms with E-state index in [4.69, 9.17) is 0 Å². The molecule has 28 heavy (non-hydrogen) atoms. The summed E-state index contributed by atoms with van der Waals surface area (Å²) in [6.45, 7) is 4.44. The molecule has 1 aliphatic rings. The number of hydrogen-bond acceptors (Lipinski definition) is 6. The third-order valence-corrected chi connectivity index (χ3v) is 5.17. The molecule has 1 fully saturated rings. The predicted molar refractivity (Wildman–Crippen MR) is 110 cm³/mol. The third-order valence-electron chi connectivity index (χ3n) is 4.31. The van der Waals surface area contributed by atoms with Crippen molar-refractivity contribution in [1.82, 2.24) is 14.9 Å². The molecule has 0 atom stereocenters. The Morgan fingerprint density at radius 3 is 2.57 bits per heavy atom. The molecule has 1 aliphatic heterocycles. The molecule has 9 heteroatoms. The second-order valence-corrected chi connectivity index (χ2v) is 7.58. The van der Waals surface area contributed by atoms with Crippen molar-refractivity contribution in [2.45, 2.75) is 24.9 Å². The normalized spacial score (nSPS) is 14.0. The Bertz CT molecular complexity index is 894. The lowest BCUT2D eigenvalue weighted by molar-refractivity contribution is -0.114. The molecule has 2 heterocycles. The summed E-state index contributed by atoms with van der Waals surface area (Å²) in [6, 6.07) is 8.52. The quantitative estimate of drug-likeness (QED) is 0.485. The van der Waals surface area contributed by atoms with Crippen molar-refractivity contribution >= 4 is 35.1 Å². The van der Waals surface area contributed by atoms with Gasteiger partial charge in [-0.25, -0.2) is 4.98 Å². The highest BCUT2D eigenvalue weighted by atomic mass is 32.2. The van der Waals surface area contributed by atoms with Gasteiger partial charge in [-0.3, -0.25) is 19.4 Å². The first-order chi connectivity index (χ1) is 13.5. The van der Waals surface area contributed by atoms with Crippen molar-refractivity contribution in [2.24, 2.45) is 0 Å². The van der Waals surface area contributed by atoms with Crippen molar-refractivity contribution in [3.8, 4) is 0 Å². The van der Waals surface area contributed by atoms with Crippen molar-refractivity contribution in [1.29, 1.82) is 0 Å². The number of nitrogens with one attached hydrogen (secondary N) is 3. The van der Waals surface area contributed by atoms with E-state index >= 15 is 0 Å². The van der Waals surface area contributed by atoms with E-state index < -0.39 is 11.5 Å². The second kappa shape index (κ2) is 9.52. The van der Waals surface area contributed by atoms with Crippen LogP contribution < -0.4 is 16.2 Å². The van der Waals surface area contributed by atoms with Crippen LogP contribution in [0.25, 0.3) is 0 Å². The highest BCUT2D eigenvalue weighted by Gasteiger charge is 2.17. The molecule has 148 valence electrons. The van der Waals surface area contributed by atoms with Gasteiger partial charge in [0, 0.05) is 24.8 Å². The Kier molecular flexibility index (Phi) is 6.83. The second-order valence-electron chi connectivity index (χ2n) is 6.49. The van der Waals surface area contributed by atoms with Crippen molar-refractivity contribution in [3.05, 3.63) is 46.2 Å². The topological polar surface area (TPSA) is 107 Å². The van der Waals surface area contributed by atoms with E-state index in [9.17, 15) is 14.4 Å². The number of benzene rings is 1. The number of anilines is 2. The summed E-state index contributed by atoms with van der Waals surface area (Å²) < 4.78 is 0. The summed E-state index contributed by atoms with van der Waals surface area (Å²) in [4.78, 5) is 45.9. The van der Waals surface area contributed by atoms with Gasteiger partial charge in [0.1, 0.15) is 0 Å². The van der Waals surface area contributed by atoms with Crippen LogP contribution >= 0.6 is 11.8 Å². The van der Waals surface area contributed by atoms with Gasteiger partial charge >= 0.3 is 0 Å². The van der Waals surface area contributed by atoms with Crippen molar-refractivity contribution < 1.29 is 9.59 Å². The zero-order valence-electron chi connectivity index (χ0n) is 15.7. The van der Waals surface area contributed by atoms with Gasteiger partial charge in [0.25, 0.3) is 11.5 Å². The zero-order chi connectivity index (χ0) is 19.9. The summed E-state index contributed by atoms with van der Waals surface area (Å²) in [5.74, 6) is -0.00230. The van der Waals surface area contributed by atoms with Gasteiger partial charge in [-0.1, -0.05) is 30.0 Å². The largest absolute Gasteiger partial charge is 0.314 e. The molecule has 0 aliphatic carbocycles. The van der Waals surface area contributed by atoms with Gasteiger partial charge in [0.2, 0.25) is 5.91 Å². The van der Waals surface area contributed by atoms with Crippen LogP contribution in [0.2, 0.25) is 0 Å². The van der Waals surface area contributed by atoms with E-state index in [1.54, 1.807) is 30.3 Å². The minimum absolute atomic E-state index is 0.0456. The van der Waals surface area contributed by atoms with Gasteiger partial charge in [-0.15, -0.1) is 0 Å². The molecule has 2 amide bonds. The maximum atomic E-state index is 12.5. The minimum Gasteiger partial charge on any atom is -0.314 e. The van der Waals surface area contributed by atoms with Crippen LogP contribution in [0.15, 0.2) is 40.3 Å². The lowest BCUT2D eigenvalue weighted by Gasteiger charge is -2.14. The fourth-order valence-electron chi connectivity index (χ4n) is 2.95. The van der Waals surface area contributed by atoms with Gasteiger partial charge in [0.15, 0.2) is 16.7 Å². The van der Waals surface area contributed by atoms with E-state index in [1.807, 2.05) is 0 Å². The van der Waals surface area contributed by atoms with Crippen LogP contribution in [-0.2, 0) is 4.79 Å². The van der Waals surface area contributed by atoms with Gasteiger partial charge in [-0.2, -0.15) is 0 Å². The number of H-pyrrole nitrogens is 1. The molecule has 0 bridgehead atoms. The molecule has 0 saturated carbocycles. The molecule has 2 aromatic rings. The lowest BCUT2D eigenvalue weighted by Crippen LogP contribution is -2.25. The Labute approximate surface area is 167 Å². The first-order valence-corrected chi connectivity index (χ1v) is 10.1. The molecule has 3 rings (SSSR count). The standard InChI is InChI=1S/C19H23N5O3S/c1-13(25)20-16-15(21-17(26)14-7-3-2-4-8-14)18(27)23-19(22-16)28-12-11-24-9-5-6-10-24/h2-4,7-8H,5-6,9-12H2,1H3,(H,21,26)(H2,20,22,23,25,27). The summed E-state index contributed by atoms with van der Waals surface area (Å²) >= 11 is 1.41. The fourth-order valence-corrected chi connectivity index (χ4v) is 3.81. The Morgan fingerprint density at radius 1 is 1.18 bits per heavy atom. The van der Waals surface area contributed by atoms with Gasteiger partial charge in [-0.05, 0) is 38.1 Å². The van der Waals surface area contributed by atoms with Crippen LogP contribution in [0, 0.1) is 0 Å². The summed E-state index contributed by atoms with van der Waals surface area (Å²) in [7, 11) is 0. The first kappa shape index (κ1) is 20.1. The summed E-state index contributed by atoms with van der Waals surface area (Å²) in [5, 5.41) is 5.49. The molecule has 8 nitrogen and oxygen atoms in total. The average molecular weight is 401 g/mol. The number of carbonyl (C=O) groups is 2. The number of aromatic amines is 1. The molecule has 3 N–H and O–H groups in total. The SMILES string of the molecule is CC(=O)Nc1nc(SCCN2CCCC2)[nH]c(=O)c1NC(=O)c1ccccc1. The number of amides is 2. The van der Waals surface area contributed by atoms with Gasteiger partial charge < -0.3 is 15.5 Å². The van der Waals surface area contributed by atoms with E-state index in [0.717, 1.165) is 25.4 Å². The van der Waals surface area contributed by atoms with Crippen molar-refractivity contribution in [2.75, 3.05) is 36.0 Å². The molecule has 0 spiro atoms. The van der Waals surface area contributed by atoms with Crippen molar-refractivity contribution in [3.63, 3.8) is 0 Å². The van der Waals surface area contributed by atoms with Crippen LogP contribution in [0.4, 0.5) is 11.5 Å². The lowest BCUT2D eigenvalue weighted by atomic mass is 10.2. The molecule has 1 saturated heterocycles. The average Bonchev–Trinajstić information content (AvgIpc) is 3.18. The highest BCUT2D eigenvalue weighted by Crippen LogP contribution is 2.20. The predicted octanol–water partition coefficient (Wildman–Crippen LogP) is 2.17. The minimum atomic E-state index is -0.508. The summed E-state index contributed by atoms with van der Waals surface area (Å²) in [6.07, 6.45) is 2.45. The fraction of sp³-hybridized carbons (Fsp3) is 0.368. The molecule has 1 aromatic heterocycles. The van der Waals surface area contributed by atoms with E-state index in [0.29, 0.717) is 10.7 Å². The number of rotatable bonds is 7. The number of likely N-dealkylation sites (tertiary alicyclic amines) is 1. The van der Waals surface area contributed by atoms with E-state index in [2.05, 4.69) is 25.5 Å². The summed E-state index contributed by atoms with van der Waals surface area (Å²) in [5.41, 5.74) is -0.181. The number of nitrogens with zero attached hydrogens (tertiary/aromatic N) is 2. The van der Waals surface area contributed by atoms with Crippen LogP contribution in [0.1, 0.15) is 30.1 Å². The number of hydrogen-bond donors (Lipinski definition) is 3. The monoisotopic (exact) mass is 401 g/mol. The molecular weight excluding hydrogens is 378 g/mol. The number of carbonyl (C=O) groups excluding carboxylic acids is 2. The Balaban J connectivity index is 1.75. The van der Waals surface area contributed by atoms with E-state index in [1.165, 1.54) is 31.5 Å². The highest BCUT2D eigenvalue weighted by molar-refractivity contribution is 7.99.